The third-order valence-corrected chi connectivity index (χ3v) is 3.11. The van der Waals surface area contributed by atoms with Crippen LogP contribution in [-0.4, -0.2) is 17.4 Å². The van der Waals surface area contributed by atoms with Gasteiger partial charge in [-0.15, -0.1) is 0 Å². The average molecular weight is 244 g/mol. The quantitative estimate of drug-likeness (QED) is 0.806. The molecule has 0 aliphatic heterocycles. The number of unbranched alkanes of at least 4 members (excludes halogenated alkanes) is 1. The zero-order valence-electron chi connectivity index (χ0n) is 10.8. The minimum Gasteiger partial charge on any atom is -0.361 e. The zero-order chi connectivity index (χ0) is 12.8. The van der Waals surface area contributed by atoms with Crippen molar-refractivity contribution in [3.8, 4) is 0 Å². The van der Waals surface area contributed by atoms with Crippen molar-refractivity contribution >= 4 is 16.8 Å². The second-order valence-electron chi connectivity index (χ2n) is 4.60. The molecule has 0 radical (unpaired) electrons. The molecule has 0 saturated heterocycles. The number of H-pyrrole nitrogens is 1. The Kier molecular flexibility index (Phi) is 4.40. The molecule has 3 heteroatoms. The summed E-state index contributed by atoms with van der Waals surface area (Å²) in [6.45, 7) is 2.82. The number of carbonyl (C=O) groups is 1. The number of nitrogens with one attached hydrogen (secondary N) is 2. The van der Waals surface area contributed by atoms with Gasteiger partial charge >= 0.3 is 0 Å². The van der Waals surface area contributed by atoms with E-state index in [0.29, 0.717) is 6.42 Å². The summed E-state index contributed by atoms with van der Waals surface area (Å²) in [5.74, 6) is 0.166. The van der Waals surface area contributed by atoms with E-state index in [1.165, 1.54) is 10.9 Å². The van der Waals surface area contributed by atoms with Crippen LogP contribution in [0.1, 0.15) is 31.7 Å². The normalized spacial score (nSPS) is 10.7. The highest BCUT2D eigenvalue weighted by molar-refractivity contribution is 5.80. The van der Waals surface area contributed by atoms with E-state index in [9.17, 15) is 4.79 Å². The SMILES string of the molecule is CCCCC(=O)NCCc1ccc2[nH]ccc2c1. The molecule has 0 atom stereocenters. The summed E-state index contributed by atoms with van der Waals surface area (Å²) < 4.78 is 0. The number of amides is 1. The Labute approximate surface area is 108 Å². The van der Waals surface area contributed by atoms with Crippen molar-refractivity contribution in [2.24, 2.45) is 0 Å². The predicted molar refractivity (Wildman–Crippen MR) is 74.5 cm³/mol. The lowest BCUT2D eigenvalue weighted by molar-refractivity contribution is -0.121. The van der Waals surface area contributed by atoms with Crippen molar-refractivity contribution in [3.63, 3.8) is 0 Å². The van der Waals surface area contributed by atoms with Crippen molar-refractivity contribution < 1.29 is 4.79 Å². The van der Waals surface area contributed by atoms with E-state index in [4.69, 9.17) is 0 Å². The summed E-state index contributed by atoms with van der Waals surface area (Å²) in [6, 6.07) is 8.43. The summed E-state index contributed by atoms with van der Waals surface area (Å²) >= 11 is 0. The first-order valence-corrected chi connectivity index (χ1v) is 6.62. The Bertz CT molecular complexity index is 516. The number of rotatable bonds is 6. The van der Waals surface area contributed by atoms with Crippen LogP contribution in [0.15, 0.2) is 30.5 Å². The molecule has 2 N–H and O–H groups in total. The van der Waals surface area contributed by atoms with E-state index in [1.807, 2.05) is 6.20 Å². The van der Waals surface area contributed by atoms with Gasteiger partial charge in [0.1, 0.15) is 0 Å². The van der Waals surface area contributed by atoms with Crippen molar-refractivity contribution in [1.29, 1.82) is 0 Å². The lowest BCUT2D eigenvalue weighted by Crippen LogP contribution is -2.25. The number of hydrogen-bond donors (Lipinski definition) is 2. The Morgan fingerprint density at radius 3 is 3.06 bits per heavy atom. The standard InChI is InChI=1S/C15H20N2O/c1-2-3-4-15(18)17-9-7-12-5-6-14-13(11-12)8-10-16-14/h5-6,8,10-11,16H,2-4,7,9H2,1H3,(H,17,18). The van der Waals surface area contributed by atoms with Gasteiger partial charge in [-0.2, -0.15) is 0 Å². The van der Waals surface area contributed by atoms with Crippen LogP contribution in [0, 0.1) is 0 Å². The van der Waals surface area contributed by atoms with Gasteiger partial charge in [-0.05, 0) is 42.0 Å². The van der Waals surface area contributed by atoms with Crippen LogP contribution in [0.3, 0.4) is 0 Å². The number of aromatic nitrogens is 1. The molecule has 0 spiro atoms. The number of hydrogen-bond acceptors (Lipinski definition) is 1. The first-order valence-electron chi connectivity index (χ1n) is 6.62. The number of benzene rings is 1. The highest BCUT2D eigenvalue weighted by Crippen LogP contribution is 2.14. The number of fused-ring (bicyclic) bond motifs is 1. The predicted octanol–water partition coefficient (Wildman–Crippen LogP) is 3.02. The topological polar surface area (TPSA) is 44.9 Å². The molecule has 1 heterocycles. The lowest BCUT2D eigenvalue weighted by atomic mass is 10.1. The molecule has 1 amide bonds. The average Bonchev–Trinajstić information content (AvgIpc) is 2.83. The van der Waals surface area contributed by atoms with Crippen LogP contribution >= 0.6 is 0 Å². The van der Waals surface area contributed by atoms with Gasteiger partial charge in [0.15, 0.2) is 0 Å². The van der Waals surface area contributed by atoms with Crippen LogP contribution in [0.2, 0.25) is 0 Å². The van der Waals surface area contributed by atoms with E-state index < -0.39 is 0 Å². The molecule has 0 saturated carbocycles. The third kappa shape index (κ3) is 3.36. The van der Waals surface area contributed by atoms with E-state index in [2.05, 4.69) is 41.5 Å². The zero-order valence-corrected chi connectivity index (χ0v) is 10.8. The maximum absolute atomic E-state index is 11.4. The molecule has 2 rings (SSSR count). The van der Waals surface area contributed by atoms with Gasteiger partial charge in [-0.1, -0.05) is 19.4 Å². The highest BCUT2D eigenvalue weighted by atomic mass is 16.1. The van der Waals surface area contributed by atoms with Gasteiger partial charge in [0.05, 0.1) is 0 Å². The smallest absolute Gasteiger partial charge is 0.220 e. The molecule has 0 aliphatic rings. The Morgan fingerprint density at radius 2 is 2.22 bits per heavy atom. The van der Waals surface area contributed by atoms with Crippen LogP contribution in [0.4, 0.5) is 0 Å². The molecule has 0 bridgehead atoms. The third-order valence-electron chi connectivity index (χ3n) is 3.11. The van der Waals surface area contributed by atoms with Crippen LogP contribution in [-0.2, 0) is 11.2 Å². The van der Waals surface area contributed by atoms with E-state index in [1.54, 1.807) is 0 Å². The van der Waals surface area contributed by atoms with Crippen molar-refractivity contribution in [2.75, 3.05) is 6.54 Å². The largest absolute Gasteiger partial charge is 0.361 e. The molecule has 0 unspecified atom stereocenters. The molecule has 96 valence electrons. The molecule has 0 aliphatic carbocycles. The first-order chi connectivity index (χ1) is 8.79. The molecule has 18 heavy (non-hydrogen) atoms. The first kappa shape index (κ1) is 12.7. The minimum absolute atomic E-state index is 0.166. The lowest BCUT2D eigenvalue weighted by Gasteiger charge is -2.05. The van der Waals surface area contributed by atoms with E-state index in [0.717, 1.165) is 31.3 Å². The minimum atomic E-state index is 0.166. The van der Waals surface area contributed by atoms with Crippen LogP contribution in [0.5, 0.6) is 0 Å². The van der Waals surface area contributed by atoms with Crippen molar-refractivity contribution in [2.45, 2.75) is 32.6 Å². The highest BCUT2D eigenvalue weighted by Gasteiger charge is 2.01. The molecule has 1 aromatic carbocycles. The molecule has 1 aromatic heterocycles. The fourth-order valence-electron chi connectivity index (χ4n) is 2.03. The summed E-state index contributed by atoms with van der Waals surface area (Å²) in [5.41, 5.74) is 2.42. The molecule has 0 fully saturated rings. The summed E-state index contributed by atoms with van der Waals surface area (Å²) in [4.78, 5) is 14.6. The molecule has 3 nitrogen and oxygen atoms in total. The van der Waals surface area contributed by atoms with Gasteiger partial charge < -0.3 is 10.3 Å². The van der Waals surface area contributed by atoms with Crippen LogP contribution in [0.25, 0.3) is 10.9 Å². The van der Waals surface area contributed by atoms with Crippen molar-refractivity contribution in [3.05, 3.63) is 36.0 Å². The maximum Gasteiger partial charge on any atom is 0.220 e. The summed E-state index contributed by atoms with van der Waals surface area (Å²) in [7, 11) is 0. The fourth-order valence-corrected chi connectivity index (χ4v) is 2.03. The Hall–Kier alpha value is -1.77. The summed E-state index contributed by atoms with van der Waals surface area (Å²) in [5, 5.41) is 4.19. The summed E-state index contributed by atoms with van der Waals surface area (Å²) in [6.07, 6.45) is 5.52. The van der Waals surface area contributed by atoms with Gasteiger partial charge in [-0.25, -0.2) is 0 Å². The van der Waals surface area contributed by atoms with Crippen LogP contribution < -0.4 is 5.32 Å². The molecule has 2 aromatic rings. The number of carbonyl (C=O) groups excluding carboxylic acids is 1. The maximum atomic E-state index is 11.4. The molecular weight excluding hydrogens is 224 g/mol. The van der Waals surface area contributed by atoms with E-state index >= 15 is 0 Å². The second kappa shape index (κ2) is 6.24. The Morgan fingerprint density at radius 1 is 1.33 bits per heavy atom. The Balaban J connectivity index is 1.81. The monoisotopic (exact) mass is 244 g/mol. The van der Waals surface area contributed by atoms with E-state index in [-0.39, 0.29) is 5.91 Å². The van der Waals surface area contributed by atoms with Gasteiger partial charge in [0.2, 0.25) is 5.91 Å². The van der Waals surface area contributed by atoms with Crippen molar-refractivity contribution in [1.82, 2.24) is 10.3 Å². The fraction of sp³-hybridized carbons (Fsp3) is 0.400. The van der Waals surface area contributed by atoms with Gasteiger partial charge in [0, 0.05) is 24.7 Å². The van der Waals surface area contributed by atoms with Gasteiger partial charge in [-0.3, -0.25) is 4.79 Å². The van der Waals surface area contributed by atoms with Gasteiger partial charge in [0.25, 0.3) is 0 Å². The number of aromatic amines is 1. The second-order valence-corrected chi connectivity index (χ2v) is 4.60. The molecular formula is C15H20N2O.